The fourth-order valence-corrected chi connectivity index (χ4v) is 5.95. The number of ether oxygens (including phenoxy) is 1. The first-order chi connectivity index (χ1) is 18.8. The standard InChI is InChI=1S/C31H24FNO5S/c1-21-15-17-26(18-16-21)39(35,36)29(24-13-8-14-25(32)19-24)28-27(20-37-31(34)23-11-6-3-7-12-23)38-30(33-28)22-9-4-2-5-10-22/h2-19,29H,20H2,1H3. The second-order valence-electron chi connectivity index (χ2n) is 8.93. The average Bonchev–Trinajstić information content (AvgIpc) is 3.36. The minimum atomic E-state index is -4.15. The molecule has 5 aromatic rings. The van der Waals surface area contributed by atoms with Crippen molar-refractivity contribution in [2.24, 2.45) is 0 Å². The van der Waals surface area contributed by atoms with Gasteiger partial charge < -0.3 is 9.15 Å². The molecule has 1 atom stereocenters. The van der Waals surface area contributed by atoms with Crippen LogP contribution in [0.5, 0.6) is 0 Å². The van der Waals surface area contributed by atoms with Gasteiger partial charge in [0.25, 0.3) is 0 Å². The smallest absolute Gasteiger partial charge is 0.338 e. The maximum Gasteiger partial charge on any atom is 0.338 e. The molecular weight excluding hydrogens is 517 g/mol. The van der Waals surface area contributed by atoms with Gasteiger partial charge in [-0.05, 0) is 61.0 Å². The van der Waals surface area contributed by atoms with Crippen molar-refractivity contribution < 1.29 is 26.8 Å². The molecule has 1 aromatic heterocycles. The van der Waals surface area contributed by atoms with E-state index in [0.717, 1.165) is 11.6 Å². The molecule has 0 bridgehead atoms. The molecule has 1 heterocycles. The van der Waals surface area contributed by atoms with Crippen LogP contribution in [0.3, 0.4) is 0 Å². The number of hydrogen-bond donors (Lipinski definition) is 0. The quantitative estimate of drug-likeness (QED) is 0.203. The molecule has 0 saturated carbocycles. The van der Waals surface area contributed by atoms with Crippen LogP contribution in [0.1, 0.15) is 38.2 Å². The Morgan fingerprint density at radius 2 is 1.56 bits per heavy atom. The van der Waals surface area contributed by atoms with Crippen LogP contribution in [0.25, 0.3) is 11.5 Å². The lowest BCUT2D eigenvalue weighted by Crippen LogP contribution is -2.18. The molecule has 0 spiro atoms. The van der Waals surface area contributed by atoms with Gasteiger partial charge in [0.1, 0.15) is 16.8 Å². The summed E-state index contributed by atoms with van der Waals surface area (Å²) in [5, 5.41) is -1.43. The summed E-state index contributed by atoms with van der Waals surface area (Å²) < 4.78 is 54.1. The van der Waals surface area contributed by atoms with Crippen LogP contribution < -0.4 is 0 Å². The van der Waals surface area contributed by atoms with Crippen molar-refractivity contribution in [3.8, 4) is 11.5 Å². The summed E-state index contributed by atoms with van der Waals surface area (Å²) in [5.74, 6) is -1.01. The summed E-state index contributed by atoms with van der Waals surface area (Å²) in [6, 6.07) is 29.1. The third-order valence-electron chi connectivity index (χ3n) is 6.15. The molecule has 8 heteroatoms. The zero-order chi connectivity index (χ0) is 27.4. The van der Waals surface area contributed by atoms with E-state index in [-0.39, 0.29) is 34.4 Å². The zero-order valence-corrected chi connectivity index (χ0v) is 21.8. The normalized spacial score (nSPS) is 12.2. The second-order valence-corrected chi connectivity index (χ2v) is 11.0. The van der Waals surface area contributed by atoms with Crippen LogP contribution >= 0.6 is 0 Å². The maximum atomic E-state index is 14.4. The molecule has 5 rings (SSSR count). The lowest BCUT2D eigenvalue weighted by molar-refractivity contribution is 0.0445. The number of oxazole rings is 1. The molecule has 4 aromatic carbocycles. The monoisotopic (exact) mass is 541 g/mol. The van der Waals surface area contributed by atoms with Crippen molar-refractivity contribution >= 4 is 15.8 Å². The number of nitrogens with zero attached hydrogens (tertiary/aromatic N) is 1. The fourth-order valence-electron chi connectivity index (χ4n) is 4.18. The number of aryl methyl sites for hydroxylation is 1. The number of carbonyl (C=O) groups excluding carboxylic acids is 1. The third kappa shape index (κ3) is 5.66. The molecule has 0 amide bonds. The van der Waals surface area contributed by atoms with Gasteiger partial charge in [0.15, 0.2) is 22.2 Å². The van der Waals surface area contributed by atoms with Crippen molar-refractivity contribution in [1.29, 1.82) is 0 Å². The topological polar surface area (TPSA) is 86.5 Å². The lowest BCUT2D eigenvalue weighted by Gasteiger charge is -2.18. The Balaban J connectivity index is 1.65. The largest absolute Gasteiger partial charge is 0.454 e. The van der Waals surface area contributed by atoms with Gasteiger partial charge in [0.05, 0.1) is 10.5 Å². The van der Waals surface area contributed by atoms with Crippen LogP contribution in [0.2, 0.25) is 0 Å². The van der Waals surface area contributed by atoms with Gasteiger partial charge in [-0.15, -0.1) is 0 Å². The minimum Gasteiger partial charge on any atom is -0.454 e. The molecule has 0 aliphatic rings. The van der Waals surface area contributed by atoms with Crippen LogP contribution in [0, 0.1) is 12.7 Å². The SMILES string of the molecule is Cc1ccc(S(=O)(=O)C(c2cccc(F)c2)c2nc(-c3ccccc3)oc2COC(=O)c2ccccc2)cc1. The Bertz CT molecular complexity index is 1700. The maximum absolute atomic E-state index is 14.4. The molecular formula is C31H24FNO5S. The van der Waals surface area contributed by atoms with E-state index in [0.29, 0.717) is 11.1 Å². The number of sulfone groups is 1. The van der Waals surface area contributed by atoms with E-state index in [9.17, 15) is 17.6 Å². The molecule has 0 aliphatic carbocycles. The third-order valence-corrected chi connectivity index (χ3v) is 8.20. The van der Waals surface area contributed by atoms with Crippen molar-refractivity contribution in [3.63, 3.8) is 0 Å². The summed E-state index contributed by atoms with van der Waals surface area (Å²) in [5.41, 5.74) is 2.00. The van der Waals surface area contributed by atoms with Crippen LogP contribution in [-0.4, -0.2) is 19.4 Å². The summed E-state index contributed by atoms with van der Waals surface area (Å²) in [4.78, 5) is 17.3. The van der Waals surface area contributed by atoms with E-state index in [1.807, 2.05) is 13.0 Å². The van der Waals surface area contributed by atoms with E-state index in [2.05, 4.69) is 4.98 Å². The van der Waals surface area contributed by atoms with E-state index in [1.165, 1.54) is 30.3 Å². The number of aromatic nitrogens is 1. The highest BCUT2D eigenvalue weighted by Gasteiger charge is 2.37. The number of rotatable bonds is 8. The Kier molecular flexibility index (Phi) is 7.38. The highest BCUT2D eigenvalue weighted by molar-refractivity contribution is 7.91. The lowest BCUT2D eigenvalue weighted by atomic mass is 10.1. The van der Waals surface area contributed by atoms with Crippen LogP contribution in [-0.2, 0) is 21.2 Å². The number of carbonyl (C=O) groups is 1. The van der Waals surface area contributed by atoms with Gasteiger partial charge in [-0.25, -0.2) is 22.6 Å². The first-order valence-electron chi connectivity index (χ1n) is 12.2. The minimum absolute atomic E-state index is 0.0147. The Hall–Kier alpha value is -4.56. The fraction of sp³-hybridized carbons (Fsp3) is 0.0968. The molecule has 196 valence electrons. The van der Waals surface area contributed by atoms with Gasteiger partial charge in [-0.1, -0.05) is 66.2 Å². The molecule has 0 saturated heterocycles. The second kappa shape index (κ2) is 11.0. The molecule has 1 unspecified atom stereocenters. The zero-order valence-electron chi connectivity index (χ0n) is 21.0. The number of halogens is 1. The van der Waals surface area contributed by atoms with Gasteiger partial charge in [0.2, 0.25) is 5.89 Å². The molecule has 6 nitrogen and oxygen atoms in total. The molecule has 0 aliphatic heterocycles. The van der Waals surface area contributed by atoms with E-state index < -0.39 is 26.9 Å². The Labute approximate surface area is 225 Å². The summed E-state index contributed by atoms with van der Waals surface area (Å²) in [7, 11) is -4.15. The molecule has 0 fully saturated rings. The van der Waals surface area contributed by atoms with Crippen LogP contribution in [0.4, 0.5) is 4.39 Å². The summed E-state index contributed by atoms with van der Waals surface area (Å²) >= 11 is 0. The first kappa shape index (κ1) is 26.1. The molecule has 39 heavy (non-hydrogen) atoms. The van der Waals surface area contributed by atoms with E-state index >= 15 is 0 Å². The van der Waals surface area contributed by atoms with Gasteiger partial charge in [-0.3, -0.25) is 0 Å². The summed E-state index contributed by atoms with van der Waals surface area (Å²) in [6.07, 6.45) is 0. The van der Waals surface area contributed by atoms with Gasteiger partial charge >= 0.3 is 5.97 Å². The van der Waals surface area contributed by atoms with Crippen LogP contribution in [0.15, 0.2) is 119 Å². The number of esters is 1. The molecule has 0 N–H and O–H groups in total. The van der Waals surface area contributed by atoms with E-state index in [4.69, 9.17) is 9.15 Å². The highest BCUT2D eigenvalue weighted by atomic mass is 32.2. The predicted molar refractivity (Wildman–Crippen MR) is 144 cm³/mol. The molecule has 0 radical (unpaired) electrons. The number of benzene rings is 4. The first-order valence-corrected chi connectivity index (χ1v) is 13.7. The van der Waals surface area contributed by atoms with Crippen molar-refractivity contribution in [1.82, 2.24) is 4.98 Å². The highest BCUT2D eigenvalue weighted by Crippen LogP contribution is 2.38. The van der Waals surface area contributed by atoms with Crippen molar-refractivity contribution in [3.05, 3.63) is 143 Å². The Morgan fingerprint density at radius 3 is 2.23 bits per heavy atom. The van der Waals surface area contributed by atoms with Crippen molar-refractivity contribution in [2.45, 2.75) is 23.7 Å². The van der Waals surface area contributed by atoms with E-state index in [1.54, 1.807) is 66.7 Å². The van der Waals surface area contributed by atoms with Gasteiger partial charge in [0, 0.05) is 5.56 Å². The van der Waals surface area contributed by atoms with Gasteiger partial charge in [-0.2, -0.15) is 0 Å². The predicted octanol–water partition coefficient (Wildman–Crippen LogP) is 6.71. The summed E-state index contributed by atoms with van der Waals surface area (Å²) in [6.45, 7) is 1.47. The average molecular weight is 542 g/mol. The number of hydrogen-bond acceptors (Lipinski definition) is 6. The Morgan fingerprint density at radius 1 is 0.897 bits per heavy atom. The van der Waals surface area contributed by atoms with Crippen molar-refractivity contribution in [2.75, 3.05) is 0 Å².